The van der Waals surface area contributed by atoms with Crippen LogP contribution in [0.1, 0.15) is 78.7 Å². The Morgan fingerprint density at radius 2 is 1.70 bits per heavy atom. The Hall–Kier alpha value is -3.97. The first-order valence-electron chi connectivity index (χ1n) is 14.1. The number of amides is 1. The minimum Gasteiger partial charge on any atom is -0.455 e. The summed E-state index contributed by atoms with van der Waals surface area (Å²) in [6.45, 7) is 5.76. The number of nitrogens with zero attached hydrogens (tertiary/aromatic N) is 1. The van der Waals surface area contributed by atoms with Crippen LogP contribution >= 0.6 is 0 Å². The van der Waals surface area contributed by atoms with Crippen molar-refractivity contribution in [1.29, 1.82) is 0 Å². The van der Waals surface area contributed by atoms with Gasteiger partial charge in [-0.15, -0.1) is 0 Å². The fourth-order valence-corrected chi connectivity index (χ4v) is 6.42. The number of benzene rings is 2. The molecular formula is C33H35N3O4. The Morgan fingerprint density at radius 3 is 2.40 bits per heavy atom. The number of hydrogen-bond donors (Lipinski definition) is 3. The lowest BCUT2D eigenvalue weighted by molar-refractivity contribution is -0.0702. The maximum atomic E-state index is 13.5. The molecule has 0 spiro atoms. The van der Waals surface area contributed by atoms with Gasteiger partial charge in [0, 0.05) is 28.4 Å². The van der Waals surface area contributed by atoms with E-state index >= 15 is 0 Å². The SMILES string of the molecule is Cc1cc([C@@H](C)Nc2cccnc2C(=O)NC23CCC(O)(CC2)CC3)c2oc(-c3ccccc3)c(C)c(=O)c2c1. The maximum absolute atomic E-state index is 13.5. The summed E-state index contributed by atoms with van der Waals surface area (Å²) < 4.78 is 6.47. The molecule has 1 atom stereocenters. The van der Waals surface area contributed by atoms with Gasteiger partial charge >= 0.3 is 0 Å². The molecule has 2 aromatic carbocycles. The molecule has 4 aromatic rings. The first-order valence-corrected chi connectivity index (χ1v) is 14.1. The van der Waals surface area contributed by atoms with Gasteiger partial charge in [-0.2, -0.15) is 0 Å². The number of pyridine rings is 1. The molecule has 3 saturated carbocycles. The average Bonchev–Trinajstić information content (AvgIpc) is 2.96. The topological polar surface area (TPSA) is 104 Å². The summed E-state index contributed by atoms with van der Waals surface area (Å²) >= 11 is 0. The molecule has 0 radical (unpaired) electrons. The summed E-state index contributed by atoms with van der Waals surface area (Å²) in [5, 5.41) is 17.9. The van der Waals surface area contributed by atoms with Crippen LogP contribution in [-0.4, -0.2) is 27.1 Å². The summed E-state index contributed by atoms with van der Waals surface area (Å²) in [6.07, 6.45) is 6.10. The molecule has 1 amide bonds. The van der Waals surface area contributed by atoms with Crippen molar-refractivity contribution in [2.24, 2.45) is 0 Å². The Labute approximate surface area is 233 Å². The van der Waals surface area contributed by atoms with Gasteiger partial charge in [0.25, 0.3) is 5.91 Å². The van der Waals surface area contributed by atoms with E-state index in [0.29, 0.717) is 52.9 Å². The lowest BCUT2D eigenvalue weighted by atomic mass is 9.63. The number of aromatic nitrogens is 1. The molecule has 7 rings (SSSR count). The molecule has 0 aliphatic heterocycles. The Bertz CT molecular complexity index is 1640. The lowest BCUT2D eigenvalue weighted by Gasteiger charge is -2.51. The second kappa shape index (κ2) is 9.89. The van der Waals surface area contributed by atoms with Gasteiger partial charge in [-0.05, 0) is 83.1 Å². The smallest absolute Gasteiger partial charge is 0.272 e. The zero-order valence-electron chi connectivity index (χ0n) is 23.2. The average molecular weight is 538 g/mol. The van der Waals surface area contributed by atoms with Gasteiger partial charge in [0.15, 0.2) is 11.1 Å². The number of hydrogen-bond acceptors (Lipinski definition) is 6. The van der Waals surface area contributed by atoms with Gasteiger partial charge < -0.3 is 20.2 Å². The lowest BCUT2D eigenvalue weighted by Crippen LogP contribution is -2.58. The largest absolute Gasteiger partial charge is 0.455 e. The third kappa shape index (κ3) is 4.68. The van der Waals surface area contributed by atoms with E-state index in [1.54, 1.807) is 19.2 Å². The minimum atomic E-state index is -0.565. The number of carbonyl (C=O) groups is 1. The molecule has 2 aromatic heterocycles. The highest BCUT2D eigenvalue weighted by atomic mass is 16.3. The van der Waals surface area contributed by atoms with E-state index in [-0.39, 0.29) is 22.9 Å². The normalized spacial score (nSPS) is 22.7. The third-order valence-electron chi connectivity index (χ3n) is 8.87. The van der Waals surface area contributed by atoms with E-state index in [2.05, 4.69) is 15.6 Å². The number of anilines is 1. The van der Waals surface area contributed by atoms with Crippen molar-refractivity contribution in [3.8, 4) is 11.3 Å². The number of fused-ring (bicyclic) bond motifs is 4. The highest BCUT2D eigenvalue weighted by Gasteiger charge is 2.48. The van der Waals surface area contributed by atoms with E-state index < -0.39 is 5.60 Å². The molecule has 7 heteroatoms. The fourth-order valence-electron chi connectivity index (χ4n) is 6.42. The van der Waals surface area contributed by atoms with Crippen molar-refractivity contribution in [2.45, 2.75) is 76.5 Å². The molecule has 40 heavy (non-hydrogen) atoms. The van der Waals surface area contributed by atoms with E-state index in [9.17, 15) is 14.7 Å². The molecule has 3 aliphatic carbocycles. The monoisotopic (exact) mass is 537 g/mol. The predicted molar refractivity (Wildman–Crippen MR) is 157 cm³/mol. The van der Waals surface area contributed by atoms with Gasteiger partial charge in [-0.1, -0.05) is 36.4 Å². The molecule has 0 unspecified atom stereocenters. The second-order valence-corrected chi connectivity index (χ2v) is 11.7. The van der Waals surface area contributed by atoms with Crippen molar-refractivity contribution in [1.82, 2.24) is 10.3 Å². The molecule has 0 saturated heterocycles. The van der Waals surface area contributed by atoms with Crippen LogP contribution in [0.15, 0.2) is 70.0 Å². The summed E-state index contributed by atoms with van der Waals surface area (Å²) in [5.41, 5.74) is 3.77. The summed E-state index contributed by atoms with van der Waals surface area (Å²) in [5.74, 6) is 0.341. The van der Waals surface area contributed by atoms with Crippen LogP contribution < -0.4 is 16.1 Å². The van der Waals surface area contributed by atoms with E-state index in [1.807, 2.05) is 62.4 Å². The zero-order valence-corrected chi connectivity index (χ0v) is 23.2. The van der Waals surface area contributed by atoms with Gasteiger partial charge in [0.05, 0.1) is 22.7 Å². The molecule has 2 heterocycles. The van der Waals surface area contributed by atoms with Crippen molar-refractivity contribution in [3.63, 3.8) is 0 Å². The van der Waals surface area contributed by atoms with Crippen LogP contribution in [-0.2, 0) is 0 Å². The Balaban J connectivity index is 1.34. The van der Waals surface area contributed by atoms with Gasteiger partial charge in [-0.3, -0.25) is 9.59 Å². The van der Waals surface area contributed by atoms with E-state index in [0.717, 1.165) is 36.0 Å². The zero-order chi connectivity index (χ0) is 28.1. The number of carbonyl (C=O) groups excluding carboxylic acids is 1. The van der Waals surface area contributed by atoms with Crippen LogP contribution in [0.5, 0.6) is 0 Å². The number of aryl methyl sites for hydroxylation is 1. The van der Waals surface area contributed by atoms with Crippen molar-refractivity contribution >= 4 is 22.6 Å². The number of rotatable bonds is 6. The molecular weight excluding hydrogens is 502 g/mol. The minimum absolute atomic E-state index is 0.0511. The van der Waals surface area contributed by atoms with Crippen molar-refractivity contribution in [3.05, 3.63) is 93.4 Å². The van der Waals surface area contributed by atoms with Gasteiger partial charge in [-0.25, -0.2) is 4.98 Å². The van der Waals surface area contributed by atoms with E-state index in [4.69, 9.17) is 4.42 Å². The molecule has 206 valence electrons. The highest BCUT2D eigenvalue weighted by Crippen LogP contribution is 2.47. The van der Waals surface area contributed by atoms with Crippen molar-refractivity contribution < 1.29 is 14.3 Å². The number of aliphatic hydroxyl groups is 1. The van der Waals surface area contributed by atoms with Crippen molar-refractivity contribution in [2.75, 3.05) is 5.32 Å². The Kier molecular flexibility index (Phi) is 6.50. The van der Waals surface area contributed by atoms with Crippen LogP contribution in [0.4, 0.5) is 5.69 Å². The molecule has 3 aliphatic rings. The highest BCUT2D eigenvalue weighted by molar-refractivity contribution is 5.98. The molecule has 3 N–H and O–H groups in total. The second-order valence-electron chi connectivity index (χ2n) is 11.7. The molecule has 2 bridgehead atoms. The van der Waals surface area contributed by atoms with Crippen LogP contribution in [0.3, 0.4) is 0 Å². The first-order chi connectivity index (χ1) is 19.2. The molecule has 3 fully saturated rings. The standard InChI is InChI=1S/C33H35N3O4/c1-20-18-24(30-25(19-20)28(37)21(2)29(40-30)23-8-5-4-6-9-23)22(3)35-26-10-7-17-34-27(26)31(38)36-32-11-14-33(39,15-12-32)16-13-32/h4-10,17-19,22,35,39H,11-16H2,1-3H3,(H,36,38)/t22-,32?,33?/m1/s1. The van der Waals surface area contributed by atoms with Crippen LogP contribution in [0, 0.1) is 13.8 Å². The summed E-state index contributed by atoms with van der Waals surface area (Å²) in [6, 6.07) is 16.9. The predicted octanol–water partition coefficient (Wildman–Crippen LogP) is 6.21. The van der Waals surface area contributed by atoms with Crippen LogP contribution in [0.25, 0.3) is 22.3 Å². The Morgan fingerprint density at radius 1 is 1.00 bits per heavy atom. The molecule has 7 nitrogen and oxygen atoms in total. The quantitative estimate of drug-likeness (QED) is 0.270. The van der Waals surface area contributed by atoms with Crippen LogP contribution in [0.2, 0.25) is 0 Å². The maximum Gasteiger partial charge on any atom is 0.272 e. The third-order valence-corrected chi connectivity index (χ3v) is 8.87. The first kappa shape index (κ1) is 26.3. The summed E-state index contributed by atoms with van der Waals surface area (Å²) in [7, 11) is 0. The number of nitrogens with one attached hydrogen (secondary N) is 2. The van der Waals surface area contributed by atoms with Gasteiger partial charge in [0.1, 0.15) is 11.3 Å². The summed E-state index contributed by atoms with van der Waals surface area (Å²) in [4.78, 5) is 31.4. The van der Waals surface area contributed by atoms with Gasteiger partial charge in [0.2, 0.25) is 0 Å². The van der Waals surface area contributed by atoms with E-state index in [1.165, 1.54) is 0 Å². The fraction of sp³-hybridized carbons (Fsp3) is 0.364.